The van der Waals surface area contributed by atoms with E-state index in [9.17, 15) is 0 Å². The maximum absolute atomic E-state index is 4.65. The SMILES string of the molecule is Cc1cn2nc(-c3c[nH]c4nc(N[C@H](C)C5CC5)ncc34)ccc2n1. The second-order valence-electron chi connectivity index (χ2n) is 6.83. The van der Waals surface area contributed by atoms with Gasteiger partial charge in [0.2, 0.25) is 5.95 Å². The molecule has 7 heteroatoms. The number of hydrogen-bond acceptors (Lipinski definition) is 5. The number of aryl methyl sites for hydroxylation is 1. The van der Waals surface area contributed by atoms with Gasteiger partial charge in [0.15, 0.2) is 5.65 Å². The van der Waals surface area contributed by atoms with Gasteiger partial charge in [0.05, 0.1) is 17.6 Å². The summed E-state index contributed by atoms with van der Waals surface area (Å²) in [5, 5.41) is 9.02. The van der Waals surface area contributed by atoms with Crippen LogP contribution in [-0.4, -0.2) is 35.6 Å². The van der Waals surface area contributed by atoms with E-state index >= 15 is 0 Å². The van der Waals surface area contributed by atoms with Crippen molar-refractivity contribution in [1.82, 2.24) is 29.5 Å². The van der Waals surface area contributed by atoms with Crippen molar-refractivity contribution in [3.8, 4) is 11.3 Å². The summed E-state index contributed by atoms with van der Waals surface area (Å²) in [5.74, 6) is 1.43. The number of aromatic amines is 1. The van der Waals surface area contributed by atoms with E-state index in [1.165, 1.54) is 12.8 Å². The van der Waals surface area contributed by atoms with Crippen LogP contribution < -0.4 is 5.32 Å². The molecule has 0 unspecified atom stereocenters. The number of anilines is 1. The van der Waals surface area contributed by atoms with Gasteiger partial charge >= 0.3 is 0 Å². The van der Waals surface area contributed by atoms with E-state index in [1.54, 1.807) is 4.52 Å². The molecule has 5 rings (SSSR count). The van der Waals surface area contributed by atoms with Gasteiger partial charge in [-0.05, 0) is 44.7 Å². The molecule has 0 spiro atoms. The number of imidazole rings is 1. The molecule has 0 saturated heterocycles. The Bertz CT molecular complexity index is 1070. The van der Waals surface area contributed by atoms with Gasteiger partial charge in [0, 0.05) is 29.4 Å². The van der Waals surface area contributed by atoms with Crippen LogP contribution >= 0.6 is 0 Å². The topological polar surface area (TPSA) is 83.8 Å². The molecule has 0 bridgehead atoms. The second-order valence-corrected chi connectivity index (χ2v) is 6.83. The van der Waals surface area contributed by atoms with Crippen molar-refractivity contribution < 1.29 is 0 Å². The number of fused-ring (bicyclic) bond motifs is 2. The summed E-state index contributed by atoms with van der Waals surface area (Å²) in [6.45, 7) is 4.16. The zero-order valence-corrected chi connectivity index (χ0v) is 14.2. The fraction of sp³-hybridized carbons (Fsp3) is 0.333. The molecule has 25 heavy (non-hydrogen) atoms. The van der Waals surface area contributed by atoms with Crippen molar-refractivity contribution in [2.45, 2.75) is 32.7 Å². The highest BCUT2D eigenvalue weighted by Crippen LogP contribution is 2.34. The molecule has 1 saturated carbocycles. The first kappa shape index (κ1) is 14.4. The first-order chi connectivity index (χ1) is 12.2. The minimum absolute atomic E-state index is 0.417. The summed E-state index contributed by atoms with van der Waals surface area (Å²) in [4.78, 5) is 16.8. The highest BCUT2D eigenvalue weighted by molar-refractivity contribution is 5.92. The largest absolute Gasteiger partial charge is 0.351 e. The quantitative estimate of drug-likeness (QED) is 0.599. The third kappa shape index (κ3) is 2.52. The number of rotatable bonds is 4. The number of nitrogens with zero attached hydrogens (tertiary/aromatic N) is 5. The van der Waals surface area contributed by atoms with Crippen LogP contribution in [0, 0.1) is 12.8 Å². The van der Waals surface area contributed by atoms with Crippen molar-refractivity contribution in [1.29, 1.82) is 0 Å². The molecule has 4 aromatic rings. The smallest absolute Gasteiger partial charge is 0.224 e. The van der Waals surface area contributed by atoms with Crippen LogP contribution in [0.25, 0.3) is 27.9 Å². The molecular weight excluding hydrogens is 314 g/mol. The number of H-pyrrole nitrogens is 1. The predicted molar refractivity (Wildman–Crippen MR) is 96.4 cm³/mol. The molecule has 1 aliphatic carbocycles. The standard InChI is InChI=1S/C18H19N7/c1-10-9-25-16(21-10)6-5-15(24-25)13-7-19-17-14(13)8-20-18(23-17)22-11(2)12-3-4-12/h5-9,11-12H,3-4H2,1-2H3,(H2,19,20,22,23)/t11-/m1/s1. The minimum Gasteiger partial charge on any atom is -0.351 e. The lowest BCUT2D eigenvalue weighted by atomic mass is 10.2. The van der Waals surface area contributed by atoms with Gasteiger partial charge in [-0.1, -0.05) is 0 Å². The third-order valence-electron chi connectivity index (χ3n) is 4.83. The van der Waals surface area contributed by atoms with Crippen LogP contribution in [0.1, 0.15) is 25.5 Å². The van der Waals surface area contributed by atoms with Crippen LogP contribution in [0.5, 0.6) is 0 Å². The monoisotopic (exact) mass is 333 g/mol. The molecule has 1 atom stereocenters. The number of aromatic nitrogens is 6. The van der Waals surface area contributed by atoms with Crippen molar-refractivity contribution in [2.75, 3.05) is 5.32 Å². The predicted octanol–water partition coefficient (Wildman–Crippen LogP) is 3.19. The molecule has 0 aromatic carbocycles. The van der Waals surface area contributed by atoms with Crippen molar-refractivity contribution in [3.63, 3.8) is 0 Å². The maximum atomic E-state index is 4.65. The fourth-order valence-electron chi connectivity index (χ4n) is 3.25. The van der Waals surface area contributed by atoms with Crippen LogP contribution in [0.15, 0.2) is 30.7 Å². The fourth-order valence-corrected chi connectivity index (χ4v) is 3.25. The summed E-state index contributed by atoms with van der Waals surface area (Å²) in [7, 11) is 0. The molecule has 4 heterocycles. The second kappa shape index (κ2) is 5.27. The van der Waals surface area contributed by atoms with E-state index in [2.05, 4.69) is 37.3 Å². The summed E-state index contributed by atoms with van der Waals surface area (Å²) in [6.07, 6.45) is 8.31. The van der Waals surface area contributed by atoms with E-state index in [0.29, 0.717) is 12.0 Å². The molecule has 0 radical (unpaired) electrons. The average molecular weight is 333 g/mol. The molecular formula is C18H19N7. The van der Waals surface area contributed by atoms with E-state index < -0.39 is 0 Å². The van der Waals surface area contributed by atoms with E-state index in [-0.39, 0.29) is 0 Å². The van der Waals surface area contributed by atoms with Crippen LogP contribution in [-0.2, 0) is 0 Å². The molecule has 0 amide bonds. The van der Waals surface area contributed by atoms with Gasteiger partial charge in [-0.2, -0.15) is 10.1 Å². The van der Waals surface area contributed by atoms with Gasteiger partial charge in [0.1, 0.15) is 5.65 Å². The van der Waals surface area contributed by atoms with Gasteiger partial charge < -0.3 is 10.3 Å². The van der Waals surface area contributed by atoms with Gasteiger partial charge in [-0.15, -0.1) is 0 Å². The van der Waals surface area contributed by atoms with E-state index in [1.807, 2.05) is 37.6 Å². The van der Waals surface area contributed by atoms with Gasteiger partial charge in [0.25, 0.3) is 0 Å². The molecule has 7 nitrogen and oxygen atoms in total. The first-order valence-electron chi connectivity index (χ1n) is 8.61. The highest BCUT2D eigenvalue weighted by Gasteiger charge is 2.28. The highest BCUT2D eigenvalue weighted by atomic mass is 15.2. The van der Waals surface area contributed by atoms with E-state index in [4.69, 9.17) is 0 Å². The zero-order chi connectivity index (χ0) is 17.0. The Morgan fingerprint density at radius 1 is 1.28 bits per heavy atom. The van der Waals surface area contributed by atoms with E-state index in [0.717, 1.165) is 39.5 Å². The Labute approximate surface area is 144 Å². The Hall–Kier alpha value is -2.96. The lowest BCUT2D eigenvalue weighted by Gasteiger charge is -2.12. The molecule has 0 aliphatic heterocycles. The van der Waals surface area contributed by atoms with Crippen LogP contribution in [0.4, 0.5) is 5.95 Å². The summed E-state index contributed by atoms with van der Waals surface area (Å²) in [6, 6.07) is 4.37. The Morgan fingerprint density at radius 3 is 3.00 bits per heavy atom. The maximum Gasteiger partial charge on any atom is 0.224 e. The van der Waals surface area contributed by atoms with Gasteiger partial charge in [-0.3, -0.25) is 0 Å². The van der Waals surface area contributed by atoms with Crippen molar-refractivity contribution in [3.05, 3.63) is 36.4 Å². The first-order valence-corrected chi connectivity index (χ1v) is 8.61. The normalized spacial score (nSPS) is 15.8. The molecule has 4 aromatic heterocycles. The van der Waals surface area contributed by atoms with Crippen LogP contribution in [0.2, 0.25) is 0 Å². The summed E-state index contributed by atoms with van der Waals surface area (Å²) < 4.78 is 1.80. The van der Waals surface area contributed by atoms with Gasteiger partial charge in [-0.25, -0.2) is 14.5 Å². The number of nitrogens with one attached hydrogen (secondary N) is 2. The average Bonchev–Trinajstić information content (AvgIpc) is 3.27. The van der Waals surface area contributed by atoms with Crippen LogP contribution in [0.3, 0.4) is 0 Å². The Kier molecular flexibility index (Phi) is 3.03. The molecule has 1 fully saturated rings. The Balaban J connectivity index is 1.52. The molecule has 126 valence electrons. The molecule has 1 aliphatic rings. The third-order valence-corrected chi connectivity index (χ3v) is 4.83. The lowest BCUT2D eigenvalue weighted by molar-refractivity contribution is 0.687. The van der Waals surface area contributed by atoms with Crippen molar-refractivity contribution >= 4 is 22.6 Å². The summed E-state index contributed by atoms with van der Waals surface area (Å²) in [5.41, 5.74) is 4.47. The van der Waals surface area contributed by atoms with Crippen molar-refractivity contribution in [2.24, 2.45) is 5.92 Å². The zero-order valence-electron chi connectivity index (χ0n) is 14.2. The Morgan fingerprint density at radius 2 is 2.16 bits per heavy atom. The minimum atomic E-state index is 0.417. The summed E-state index contributed by atoms with van der Waals surface area (Å²) >= 11 is 0. The number of hydrogen-bond donors (Lipinski definition) is 2. The lowest BCUT2D eigenvalue weighted by Crippen LogP contribution is -2.18. The molecule has 2 N–H and O–H groups in total.